The molecular weight excluding hydrogens is 284 g/mol. The number of amides is 2. The summed E-state index contributed by atoms with van der Waals surface area (Å²) in [5.74, 6) is 0. The quantitative estimate of drug-likeness (QED) is 0.928. The van der Waals surface area contributed by atoms with Crippen molar-refractivity contribution in [1.82, 2.24) is 10.2 Å². The van der Waals surface area contributed by atoms with Crippen LogP contribution in [-0.2, 0) is 11.3 Å². The van der Waals surface area contributed by atoms with Gasteiger partial charge >= 0.3 is 6.03 Å². The third-order valence-corrected chi connectivity index (χ3v) is 4.46. The van der Waals surface area contributed by atoms with Crippen molar-refractivity contribution in [2.24, 2.45) is 0 Å². The second-order valence-corrected chi connectivity index (χ2v) is 6.65. The van der Waals surface area contributed by atoms with E-state index in [9.17, 15) is 4.79 Å². The molecule has 0 saturated carbocycles. The number of carbonyl (C=O) groups excluding carboxylic acids is 1. The third kappa shape index (κ3) is 4.09. The van der Waals surface area contributed by atoms with Gasteiger partial charge in [0, 0.05) is 18.5 Å². The molecule has 0 unspecified atom stereocenters. The van der Waals surface area contributed by atoms with Gasteiger partial charge in [-0.25, -0.2) is 4.79 Å². The van der Waals surface area contributed by atoms with Gasteiger partial charge < -0.3 is 15.0 Å². The van der Waals surface area contributed by atoms with Crippen LogP contribution in [0.25, 0.3) is 0 Å². The second kappa shape index (κ2) is 6.59. The minimum absolute atomic E-state index is 0.0457. The Morgan fingerprint density at radius 1 is 1.68 bits per heavy atom. The van der Waals surface area contributed by atoms with Crippen LogP contribution >= 0.6 is 22.9 Å². The Hall–Kier alpha value is -0.780. The fourth-order valence-corrected chi connectivity index (χ4v) is 3.28. The van der Waals surface area contributed by atoms with Crippen molar-refractivity contribution >= 4 is 29.0 Å². The summed E-state index contributed by atoms with van der Waals surface area (Å²) in [5, 5.41) is 2.98. The largest absolute Gasteiger partial charge is 0.376 e. The first kappa shape index (κ1) is 14.6. The molecule has 0 spiro atoms. The number of thiophene rings is 1. The molecule has 2 atom stereocenters. The first-order chi connectivity index (χ1) is 9.06. The molecule has 2 amide bonds. The van der Waals surface area contributed by atoms with Crippen molar-refractivity contribution in [3.8, 4) is 0 Å². The Labute approximate surface area is 122 Å². The molecule has 2 rings (SSSR count). The maximum Gasteiger partial charge on any atom is 0.317 e. The maximum absolute atomic E-state index is 12.1. The lowest BCUT2D eigenvalue weighted by Crippen LogP contribution is -2.46. The molecule has 1 aliphatic heterocycles. The highest BCUT2D eigenvalue weighted by atomic mass is 35.5. The van der Waals surface area contributed by atoms with Gasteiger partial charge in [0.2, 0.25) is 0 Å². The van der Waals surface area contributed by atoms with Crippen LogP contribution in [0.4, 0.5) is 4.79 Å². The molecule has 4 nitrogen and oxygen atoms in total. The molecule has 0 aliphatic carbocycles. The summed E-state index contributed by atoms with van der Waals surface area (Å²) in [6, 6.07) is 3.76. The van der Waals surface area contributed by atoms with Gasteiger partial charge in [0.05, 0.1) is 23.0 Å². The van der Waals surface area contributed by atoms with E-state index in [4.69, 9.17) is 16.3 Å². The van der Waals surface area contributed by atoms with E-state index >= 15 is 0 Å². The molecule has 0 radical (unpaired) electrons. The summed E-state index contributed by atoms with van der Waals surface area (Å²) in [6.45, 7) is 3.36. The summed E-state index contributed by atoms with van der Waals surface area (Å²) >= 11 is 7.37. The van der Waals surface area contributed by atoms with Crippen molar-refractivity contribution in [3.63, 3.8) is 0 Å². The van der Waals surface area contributed by atoms with Crippen LogP contribution in [-0.4, -0.2) is 36.7 Å². The van der Waals surface area contributed by atoms with Gasteiger partial charge in [0.1, 0.15) is 0 Å². The fraction of sp³-hybridized carbons (Fsp3) is 0.615. The van der Waals surface area contributed by atoms with Crippen molar-refractivity contribution in [1.29, 1.82) is 0 Å². The average molecular weight is 303 g/mol. The van der Waals surface area contributed by atoms with E-state index in [0.717, 1.165) is 28.7 Å². The van der Waals surface area contributed by atoms with E-state index in [1.165, 1.54) is 11.3 Å². The van der Waals surface area contributed by atoms with Crippen LogP contribution in [0.2, 0.25) is 4.34 Å². The number of ether oxygens (including phenoxy) is 1. The van der Waals surface area contributed by atoms with Gasteiger partial charge in [-0.3, -0.25) is 0 Å². The smallest absolute Gasteiger partial charge is 0.317 e. The van der Waals surface area contributed by atoms with E-state index in [1.54, 1.807) is 11.9 Å². The number of urea groups is 1. The second-order valence-electron chi connectivity index (χ2n) is 4.85. The maximum atomic E-state index is 12.1. The van der Waals surface area contributed by atoms with Gasteiger partial charge in [-0.15, -0.1) is 11.3 Å². The van der Waals surface area contributed by atoms with Gasteiger partial charge in [-0.2, -0.15) is 0 Å². The number of hydrogen-bond acceptors (Lipinski definition) is 3. The van der Waals surface area contributed by atoms with E-state index in [2.05, 4.69) is 5.32 Å². The Bertz CT molecular complexity index is 432. The molecule has 19 heavy (non-hydrogen) atoms. The van der Waals surface area contributed by atoms with Crippen LogP contribution in [0.15, 0.2) is 12.1 Å². The standard InChI is InChI=1S/C13H19ClN2O2S/c1-9(11-4-3-7-18-11)15-13(17)16(2)8-10-5-6-12(14)19-10/h5-6,9,11H,3-4,7-8H2,1-2H3,(H,15,17)/t9-,11-/m1/s1. The van der Waals surface area contributed by atoms with Gasteiger partial charge in [0.15, 0.2) is 0 Å². The highest BCUT2D eigenvalue weighted by Gasteiger charge is 2.24. The van der Waals surface area contributed by atoms with E-state index in [-0.39, 0.29) is 18.2 Å². The highest BCUT2D eigenvalue weighted by Crippen LogP contribution is 2.22. The Morgan fingerprint density at radius 2 is 2.47 bits per heavy atom. The number of nitrogens with one attached hydrogen (secondary N) is 1. The lowest BCUT2D eigenvalue weighted by atomic mass is 10.1. The molecule has 1 aliphatic rings. The molecule has 1 N–H and O–H groups in total. The Kier molecular flexibility index (Phi) is 5.07. The van der Waals surface area contributed by atoms with Crippen molar-refractivity contribution in [2.75, 3.05) is 13.7 Å². The van der Waals surface area contributed by atoms with Crippen molar-refractivity contribution in [3.05, 3.63) is 21.3 Å². The molecule has 1 aromatic rings. The lowest BCUT2D eigenvalue weighted by Gasteiger charge is -2.24. The number of rotatable bonds is 4. The van der Waals surface area contributed by atoms with Crippen LogP contribution < -0.4 is 5.32 Å². The fourth-order valence-electron chi connectivity index (χ4n) is 2.14. The normalized spacial score (nSPS) is 20.3. The predicted molar refractivity (Wildman–Crippen MR) is 77.8 cm³/mol. The van der Waals surface area contributed by atoms with Gasteiger partial charge in [-0.1, -0.05) is 11.6 Å². The molecule has 0 aromatic carbocycles. The number of nitrogens with zero attached hydrogens (tertiary/aromatic N) is 1. The molecule has 1 saturated heterocycles. The van der Waals surface area contributed by atoms with Gasteiger partial charge in [-0.05, 0) is 31.9 Å². The molecule has 1 aromatic heterocycles. The van der Waals surface area contributed by atoms with E-state index in [0.29, 0.717) is 6.54 Å². The predicted octanol–water partition coefficient (Wildman–Crippen LogP) is 3.11. The van der Waals surface area contributed by atoms with Crippen LogP contribution in [0.1, 0.15) is 24.6 Å². The molecule has 6 heteroatoms. The summed E-state index contributed by atoms with van der Waals surface area (Å²) in [7, 11) is 1.78. The Balaban J connectivity index is 1.81. The number of hydrogen-bond donors (Lipinski definition) is 1. The van der Waals surface area contributed by atoms with Crippen LogP contribution in [0.3, 0.4) is 0 Å². The summed E-state index contributed by atoms with van der Waals surface area (Å²) < 4.78 is 6.32. The zero-order valence-corrected chi connectivity index (χ0v) is 12.8. The zero-order chi connectivity index (χ0) is 13.8. The number of halogens is 1. The van der Waals surface area contributed by atoms with Crippen LogP contribution in [0, 0.1) is 0 Å². The van der Waals surface area contributed by atoms with Crippen LogP contribution in [0.5, 0.6) is 0 Å². The molecule has 106 valence electrons. The third-order valence-electron chi connectivity index (χ3n) is 3.24. The number of carbonyl (C=O) groups is 1. The van der Waals surface area contributed by atoms with E-state index < -0.39 is 0 Å². The van der Waals surface area contributed by atoms with Gasteiger partial charge in [0.25, 0.3) is 0 Å². The lowest BCUT2D eigenvalue weighted by molar-refractivity contribution is 0.0838. The Morgan fingerprint density at radius 3 is 3.05 bits per heavy atom. The first-order valence-electron chi connectivity index (χ1n) is 6.43. The summed E-state index contributed by atoms with van der Waals surface area (Å²) in [6.07, 6.45) is 2.24. The van der Waals surface area contributed by atoms with Crippen molar-refractivity contribution < 1.29 is 9.53 Å². The average Bonchev–Trinajstić information content (AvgIpc) is 3.00. The minimum Gasteiger partial charge on any atom is -0.376 e. The van der Waals surface area contributed by atoms with E-state index in [1.807, 2.05) is 19.1 Å². The SMILES string of the molecule is C[C@@H](NC(=O)N(C)Cc1ccc(Cl)s1)[C@H]1CCCO1. The zero-order valence-electron chi connectivity index (χ0n) is 11.2. The minimum atomic E-state index is -0.0764. The van der Waals surface area contributed by atoms with Crippen molar-refractivity contribution in [2.45, 2.75) is 38.5 Å². The molecule has 1 fully saturated rings. The summed E-state index contributed by atoms with van der Waals surface area (Å²) in [5.41, 5.74) is 0. The monoisotopic (exact) mass is 302 g/mol. The molecule has 0 bridgehead atoms. The highest BCUT2D eigenvalue weighted by molar-refractivity contribution is 7.16. The molecular formula is C13H19ClN2O2S. The molecule has 2 heterocycles. The topological polar surface area (TPSA) is 41.6 Å². The first-order valence-corrected chi connectivity index (χ1v) is 7.63. The summed E-state index contributed by atoms with van der Waals surface area (Å²) in [4.78, 5) is 14.8.